The molecule has 0 aliphatic heterocycles. The maximum Gasteiger partial charge on any atom is 0.127 e. The zero-order valence-corrected chi connectivity index (χ0v) is 9.76. The van der Waals surface area contributed by atoms with Crippen LogP contribution in [0.25, 0.3) is 21.8 Å². The Morgan fingerprint density at radius 3 is 2.41 bits per heavy atom. The molecule has 0 spiro atoms. The Morgan fingerprint density at radius 2 is 1.65 bits per heavy atom. The van der Waals surface area contributed by atoms with Gasteiger partial charge in [0, 0.05) is 28.9 Å². The lowest BCUT2D eigenvalue weighted by Crippen LogP contribution is -1.81. The van der Waals surface area contributed by atoms with Gasteiger partial charge in [-0.05, 0) is 0 Å². The fourth-order valence-electron chi connectivity index (χ4n) is 1.56. The van der Waals surface area contributed by atoms with Crippen molar-refractivity contribution in [1.29, 1.82) is 0 Å². The fourth-order valence-corrected chi connectivity index (χ4v) is 2.36. The molecule has 0 amide bonds. The van der Waals surface area contributed by atoms with Crippen LogP contribution in [0.4, 0.5) is 0 Å². The lowest BCUT2D eigenvalue weighted by molar-refractivity contribution is 1.17. The van der Waals surface area contributed by atoms with E-state index in [2.05, 4.69) is 32.5 Å². The largest absolute Gasteiger partial charge is 0.244 e. The molecule has 3 nitrogen and oxygen atoms in total. The van der Waals surface area contributed by atoms with Gasteiger partial charge < -0.3 is 0 Å². The van der Waals surface area contributed by atoms with Gasteiger partial charge in [0.05, 0.1) is 5.69 Å². The second-order valence-corrected chi connectivity index (χ2v) is 4.39. The van der Waals surface area contributed by atoms with Crippen LogP contribution in [0.3, 0.4) is 0 Å². The molecule has 17 heavy (non-hydrogen) atoms. The molecule has 1 aromatic carbocycles. The fraction of sp³-hybridized carbons (Fsp3) is 0. The highest BCUT2D eigenvalue weighted by Crippen LogP contribution is 2.27. The van der Waals surface area contributed by atoms with E-state index < -0.39 is 0 Å². The highest BCUT2D eigenvalue weighted by Gasteiger charge is 2.06. The molecule has 0 unspecified atom stereocenters. The minimum atomic E-state index is 0.949. The van der Waals surface area contributed by atoms with E-state index in [9.17, 15) is 0 Å². The molecule has 0 fully saturated rings. The molecular weight excluding hydrogens is 230 g/mol. The smallest absolute Gasteiger partial charge is 0.127 e. The summed E-state index contributed by atoms with van der Waals surface area (Å²) >= 11 is 1.61. The minimum Gasteiger partial charge on any atom is -0.244 e. The summed E-state index contributed by atoms with van der Waals surface area (Å²) in [6.07, 6.45) is 5.08. The third kappa shape index (κ3) is 2.07. The molecule has 0 saturated heterocycles. The molecule has 0 saturated carbocycles. The van der Waals surface area contributed by atoms with Crippen molar-refractivity contribution in [2.75, 3.05) is 0 Å². The maximum absolute atomic E-state index is 4.59. The van der Waals surface area contributed by atoms with Gasteiger partial charge in [-0.1, -0.05) is 30.3 Å². The van der Waals surface area contributed by atoms with E-state index in [0.717, 1.165) is 21.8 Å². The van der Waals surface area contributed by atoms with E-state index >= 15 is 0 Å². The Balaban J connectivity index is 1.99. The molecule has 82 valence electrons. The monoisotopic (exact) mass is 239 g/mol. The van der Waals surface area contributed by atoms with Crippen molar-refractivity contribution in [3.05, 3.63) is 54.4 Å². The van der Waals surface area contributed by atoms with E-state index in [0.29, 0.717) is 0 Å². The van der Waals surface area contributed by atoms with E-state index in [1.54, 1.807) is 23.7 Å². The second-order valence-electron chi connectivity index (χ2n) is 3.53. The van der Waals surface area contributed by atoms with Crippen LogP contribution in [0.15, 0.2) is 54.4 Å². The first-order chi connectivity index (χ1) is 8.43. The highest BCUT2D eigenvalue weighted by atomic mass is 32.1. The van der Waals surface area contributed by atoms with Gasteiger partial charge in [-0.2, -0.15) is 0 Å². The Morgan fingerprint density at radius 1 is 0.882 bits per heavy atom. The first-order valence-electron chi connectivity index (χ1n) is 5.20. The number of nitrogens with zero attached hydrogens (tertiary/aromatic N) is 3. The molecule has 0 bridgehead atoms. The van der Waals surface area contributed by atoms with E-state index in [-0.39, 0.29) is 0 Å². The molecule has 0 N–H and O–H groups in total. The van der Waals surface area contributed by atoms with Gasteiger partial charge in [0.1, 0.15) is 11.3 Å². The topological polar surface area (TPSA) is 38.7 Å². The number of hydrogen-bond acceptors (Lipinski definition) is 4. The van der Waals surface area contributed by atoms with Crippen molar-refractivity contribution in [1.82, 2.24) is 15.0 Å². The van der Waals surface area contributed by atoms with Crippen LogP contribution in [0.1, 0.15) is 0 Å². The Labute approximate surface area is 103 Å². The van der Waals surface area contributed by atoms with E-state index in [4.69, 9.17) is 0 Å². The average Bonchev–Trinajstić information content (AvgIpc) is 2.90. The van der Waals surface area contributed by atoms with Gasteiger partial charge in [-0.3, -0.25) is 0 Å². The van der Waals surface area contributed by atoms with Gasteiger partial charge in [-0.15, -0.1) is 11.3 Å². The van der Waals surface area contributed by atoms with Gasteiger partial charge in [0.25, 0.3) is 0 Å². The number of benzene rings is 1. The van der Waals surface area contributed by atoms with Crippen LogP contribution in [0.5, 0.6) is 0 Å². The van der Waals surface area contributed by atoms with Crippen molar-refractivity contribution in [2.24, 2.45) is 0 Å². The van der Waals surface area contributed by atoms with Crippen LogP contribution < -0.4 is 0 Å². The summed E-state index contributed by atoms with van der Waals surface area (Å²) < 4.78 is 0. The molecular formula is C13H9N3S. The molecule has 3 aromatic rings. The van der Waals surface area contributed by atoms with Gasteiger partial charge in [-0.25, -0.2) is 15.0 Å². The van der Waals surface area contributed by atoms with Gasteiger partial charge in [0.15, 0.2) is 0 Å². The standard InChI is InChI=1S/C13H9N3S/c1-2-4-10(5-3-1)12-8-17-13(16-12)11-6-14-9-15-7-11/h1-9H. The molecule has 0 aliphatic carbocycles. The van der Waals surface area contributed by atoms with Crippen LogP contribution >= 0.6 is 11.3 Å². The van der Waals surface area contributed by atoms with Crippen molar-refractivity contribution < 1.29 is 0 Å². The summed E-state index contributed by atoms with van der Waals surface area (Å²) in [5, 5.41) is 3.00. The molecule has 3 rings (SSSR count). The SMILES string of the molecule is c1ccc(-c2csc(-c3cncnc3)n2)cc1. The van der Waals surface area contributed by atoms with Crippen LogP contribution in [0, 0.1) is 0 Å². The first-order valence-corrected chi connectivity index (χ1v) is 6.08. The third-order valence-corrected chi connectivity index (χ3v) is 3.27. The number of aromatic nitrogens is 3. The molecule has 0 aliphatic rings. The Hall–Kier alpha value is -2.07. The Bertz CT molecular complexity index is 551. The molecule has 4 heteroatoms. The van der Waals surface area contributed by atoms with E-state index in [1.165, 1.54) is 6.33 Å². The van der Waals surface area contributed by atoms with Crippen LogP contribution in [0.2, 0.25) is 0 Å². The molecule has 0 radical (unpaired) electrons. The summed E-state index contributed by atoms with van der Waals surface area (Å²) in [5.41, 5.74) is 3.08. The summed E-state index contributed by atoms with van der Waals surface area (Å²) in [4.78, 5) is 12.6. The summed E-state index contributed by atoms with van der Waals surface area (Å²) in [6, 6.07) is 10.1. The average molecular weight is 239 g/mol. The first kappa shape index (κ1) is 10.1. The van der Waals surface area contributed by atoms with Gasteiger partial charge in [0.2, 0.25) is 0 Å². The highest BCUT2D eigenvalue weighted by molar-refractivity contribution is 7.13. The van der Waals surface area contributed by atoms with Crippen molar-refractivity contribution in [3.8, 4) is 21.8 Å². The maximum atomic E-state index is 4.59. The third-order valence-electron chi connectivity index (χ3n) is 2.38. The van der Waals surface area contributed by atoms with Gasteiger partial charge >= 0.3 is 0 Å². The summed E-state index contributed by atoms with van der Waals surface area (Å²) in [5.74, 6) is 0. The zero-order valence-electron chi connectivity index (χ0n) is 8.95. The number of hydrogen-bond donors (Lipinski definition) is 0. The lowest BCUT2D eigenvalue weighted by atomic mass is 10.2. The normalized spacial score (nSPS) is 10.4. The second kappa shape index (κ2) is 4.43. The van der Waals surface area contributed by atoms with Crippen molar-refractivity contribution in [2.45, 2.75) is 0 Å². The molecule has 2 heterocycles. The van der Waals surface area contributed by atoms with Crippen molar-refractivity contribution >= 4 is 11.3 Å². The van der Waals surface area contributed by atoms with E-state index in [1.807, 2.05) is 18.2 Å². The van der Waals surface area contributed by atoms with Crippen LogP contribution in [-0.4, -0.2) is 15.0 Å². The summed E-state index contributed by atoms with van der Waals surface area (Å²) in [6.45, 7) is 0. The lowest BCUT2D eigenvalue weighted by Gasteiger charge is -1.95. The molecule has 0 atom stereocenters. The van der Waals surface area contributed by atoms with Crippen molar-refractivity contribution in [3.63, 3.8) is 0 Å². The van der Waals surface area contributed by atoms with Crippen LogP contribution in [-0.2, 0) is 0 Å². The number of rotatable bonds is 2. The predicted octanol–water partition coefficient (Wildman–Crippen LogP) is 3.27. The molecule has 2 aromatic heterocycles. The zero-order chi connectivity index (χ0) is 11.5. The summed E-state index contributed by atoms with van der Waals surface area (Å²) in [7, 11) is 0. The Kier molecular flexibility index (Phi) is 2.63. The number of thiazole rings is 1. The quantitative estimate of drug-likeness (QED) is 0.689. The predicted molar refractivity (Wildman–Crippen MR) is 68.6 cm³/mol. The minimum absolute atomic E-state index is 0.949.